The zero-order chi connectivity index (χ0) is 14.7. The van der Waals surface area contributed by atoms with Crippen LogP contribution in [-0.2, 0) is 6.54 Å². The van der Waals surface area contributed by atoms with E-state index in [9.17, 15) is 0 Å². The van der Waals surface area contributed by atoms with Crippen LogP contribution in [0.15, 0.2) is 54.9 Å². The van der Waals surface area contributed by atoms with E-state index in [1.54, 1.807) is 0 Å². The molecule has 0 unspecified atom stereocenters. The summed E-state index contributed by atoms with van der Waals surface area (Å²) >= 11 is 6.50. The van der Waals surface area contributed by atoms with Crippen LogP contribution < -0.4 is 5.32 Å². The van der Waals surface area contributed by atoms with E-state index >= 15 is 0 Å². The van der Waals surface area contributed by atoms with Gasteiger partial charge in [-0.05, 0) is 35.2 Å². The molecule has 0 radical (unpaired) electrons. The van der Waals surface area contributed by atoms with E-state index < -0.39 is 0 Å². The molecule has 0 bridgehead atoms. The van der Waals surface area contributed by atoms with Crippen molar-refractivity contribution in [1.29, 1.82) is 0 Å². The van der Waals surface area contributed by atoms with Crippen LogP contribution in [0, 0.1) is 0 Å². The maximum Gasteiger partial charge on any atom is 0.0487 e. The van der Waals surface area contributed by atoms with Gasteiger partial charge in [-0.2, -0.15) is 0 Å². The highest BCUT2D eigenvalue weighted by molar-refractivity contribution is 6.33. The number of halogens is 1. The maximum absolute atomic E-state index is 6.50. The Morgan fingerprint density at radius 1 is 1.10 bits per heavy atom. The molecule has 0 spiro atoms. The van der Waals surface area contributed by atoms with Crippen molar-refractivity contribution < 1.29 is 0 Å². The summed E-state index contributed by atoms with van der Waals surface area (Å²) in [5, 5.41) is 6.39. The summed E-state index contributed by atoms with van der Waals surface area (Å²) in [4.78, 5) is 4.23. The Labute approximate surface area is 129 Å². The summed E-state index contributed by atoms with van der Waals surface area (Å²) in [7, 11) is 0. The molecule has 0 aliphatic rings. The molecule has 1 aromatic heterocycles. The topological polar surface area (TPSA) is 24.9 Å². The Balaban J connectivity index is 2.06. The molecule has 1 heterocycles. The van der Waals surface area contributed by atoms with Gasteiger partial charge in [0.05, 0.1) is 0 Å². The van der Waals surface area contributed by atoms with Crippen LogP contribution in [0.1, 0.15) is 12.5 Å². The standard InChI is InChI=1S/C18H17ClN2/c1-2-20-11-13-6-7-16(18(19)10-13)15-5-3-4-14-8-9-21-12-17(14)15/h3-10,12,20H,2,11H2,1H3. The van der Waals surface area contributed by atoms with Crippen LogP contribution in [0.3, 0.4) is 0 Å². The van der Waals surface area contributed by atoms with E-state index in [-0.39, 0.29) is 0 Å². The molecule has 2 nitrogen and oxygen atoms in total. The Morgan fingerprint density at radius 2 is 2.00 bits per heavy atom. The van der Waals surface area contributed by atoms with Gasteiger partial charge in [0, 0.05) is 34.9 Å². The van der Waals surface area contributed by atoms with Gasteiger partial charge in [-0.1, -0.05) is 48.9 Å². The van der Waals surface area contributed by atoms with E-state index in [2.05, 4.69) is 47.6 Å². The average molecular weight is 297 g/mol. The quantitative estimate of drug-likeness (QED) is 0.757. The normalized spacial score (nSPS) is 11.0. The first-order chi connectivity index (χ1) is 10.3. The predicted molar refractivity (Wildman–Crippen MR) is 89.6 cm³/mol. The number of nitrogens with one attached hydrogen (secondary N) is 1. The summed E-state index contributed by atoms with van der Waals surface area (Å²) < 4.78 is 0. The van der Waals surface area contributed by atoms with Crippen molar-refractivity contribution in [1.82, 2.24) is 10.3 Å². The fourth-order valence-corrected chi connectivity index (χ4v) is 2.81. The van der Waals surface area contributed by atoms with Crippen molar-refractivity contribution in [2.75, 3.05) is 6.54 Å². The molecule has 0 aliphatic carbocycles. The molecule has 0 fully saturated rings. The van der Waals surface area contributed by atoms with Crippen molar-refractivity contribution in [3.63, 3.8) is 0 Å². The Bertz CT molecular complexity index is 763. The highest BCUT2D eigenvalue weighted by Crippen LogP contribution is 2.33. The summed E-state index contributed by atoms with van der Waals surface area (Å²) in [6.07, 6.45) is 3.71. The number of nitrogens with zero attached hydrogens (tertiary/aromatic N) is 1. The third-order valence-electron chi connectivity index (χ3n) is 3.59. The summed E-state index contributed by atoms with van der Waals surface area (Å²) in [5.74, 6) is 0. The molecule has 0 aliphatic heterocycles. The molecule has 0 saturated carbocycles. The van der Waals surface area contributed by atoms with Crippen LogP contribution in [0.2, 0.25) is 5.02 Å². The van der Waals surface area contributed by atoms with Gasteiger partial charge in [0.15, 0.2) is 0 Å². The molecule has 21 heavy (non-hydrogen) atoms. The molecule has 0 saturated heterocycles. The first-order valence-corrected chi connectivity index (χ1v) is 7.49. The van der Waals surface area contributed by atoms with Gasteiger partial charge >= 0.3 is 0 Å². The third kappa shape index (κ3) is 2.92. The minimum absolute atomic E-state index is 0.779. The van der Waals surface area contributed by atoms with E-state index in [4.69, 9.17) is 11.6 Å². The lowest BCUT2D eigenvalue weighted by Crippen LogP contribution is -2.11. The number of aromatic nitrogens is 1. The van der Waals surface area contributed by atoms with E-state index in [1.165, 1.54) is 10.9 Å². The molecular weight excluding hydrogens is 280 g/mol. The largest absolute Gasteiger partial charge is 0.313 e. The molecule has 0 amide bonds. The number of pyridine rings is 1. The zero-order valence-corrected chi connectivity index (χ0v) is 12.7. The molecule has 2 aromatic carbocycles. The molecule has 3 heteroatoms. The molecule has 106 valence electrons. The van der Waals surface area contributed by atoms with E-state index in [0.717, 1.165) is 34.6 Å². The fourth-order valence-electron chi connectivity index (χ4n) is 2.50. The van der Waals surface area contributed by atoms with Crippen molar-refractivity contribution in [2.24, 2.45) is 0 Å². The van der Waals surface area contributed by atoms with Crippen LogP contribution in [0.4, 0.5) is 0 Å². The smallest absolute Gasteiger partial charge is 0.0487 e. The molecule has 0 atom stereocenters. The van der Waals surface area contributed by atoms with Crippen molar-refractivity contribution in [3.8, 4) is 11.1 Å². The predicted octanol–water partition coefficient (Wildman–Crippen LogP) is 4.66. The highest BCUT2D eigenvalue weighted by Gasteiger charge is 2.08. The van der Waals surface area contributed by atoms with Gasteiger partial charge in [-0.15, -0.1) is 0 Å². The van der Waals surface area contributed by atoms with E-state index in [0.29, 0.717) is 0 Å². The average Bonchev–Trinajstić information content (AvgIpc) is 2.53. The van der Waals surface area contributed by atoms with Gasteiger partial charge in [-0.25, -0.2) is 0 Å². The molecule has 3 rings (SSSR count). The van der Waals surface area contributed by atoms with Crippen molar-refractivity contribution >= 4 is 22.4 Å². The van der Waals surface area contributed by atoms with Crippen LogP contribution in [0.25, 0.3) is 21.9 Å². The summed E-state index contributed by atoms with van der Waals surface area (Å²) in [6.45, 7) is 3.89. The van der Waals surface area contributed by atoms with Crippen LogP contribution in [0.5, 0.6) is 0 Å². The SMILES string of the molecule is CCNCc1ccc(-c2cccc3ccncc23)c(Cl)c1. The lowest BCUT2D eigenvalue weighted by Gasteiger charge is -2.10. The third-order valence-corrected chi connectivity index (χ3v) is 3.90. The monoisotopic (exact) mass is 296 g/mol. The molecular formula is C18H17ClN2. The van der Waals surface area contributed by atoms with Gasteiger partial charge in [0.25, 0.3) is 0 Å². The number of rotatable bonds is 4. The van der Waals surface area contributed by atoms with Gasteiger partial charge in [0.2, 0.25) is 0 Å². The Hall–Kier alpha value is -1.90. The van der Waals surface area contributed by atoms with Crippen LogP contribution >= 0.6 is 11.6 Å². The van der Waals surface area contributed by atoms with Crippen molar-refractivity contribution in [3.05, 3.63) is 65.4 Å². The number of hydrogen-bond donors (Lipinski definition) is 1. The van der Waals surface area contributed by atoms with Gasteiger partial charge in [-0.3, -0.25) is 4.98 Å². The summed E-state index contributed by atoms with van der Waals surface area (Å²) in [6, 6.07) is 14.5. The van der Waals surface area contributed by atoms with Gasteiger partial charge < -0.3 is 5.32 Å². The molecule has 3 aromatic rings. The Kier molecular flexibility index (Phi) is 4.18. The van der Waals surface area contributed by atoms with Crippen molar-refractivity contribution in [2.45, 2.75) is 13.5 Å². The minimum atomic E-state index is 0.779. The first kappa shape index (κ1) is 14.1. The fraction of sp³-hybridized carbons (Fsp3) is 0.167. The molecule has 1 N–H and O–H groups in total. The maximum atomic E-state index is 6.50. The summed E-state index contributed by atoms with van der Waals surface area (Å²) in [5.41, 5.74) is 3.38. The second-order valence-electron chi connectivity index (χ2n) is 5.00. The lowest BCUT2D eigenvalue weighted by atomic mass is 9.98. The Morgan fingerprint density at radius 3 is 2.81 bits per heavy atom. The number of fused-ring (bicyclic) bond motifs is 1. The van der Waals surface area contributed by atoms with Gasteiger partial charge in [0.1, 0.15) is 0 Å². The second-order valence-corrected chi connectivity index (χ2v) is 5.40. The number of benzene rings is 2. The highest BCUT2D eigenvalue weighted by atomic mass is 35.5. The minimum Gasteiger partial charge on any atom is -0.313 e. The van der Waals surface area contributed by atoms with Crippen LogP contribution in [-0.4, -0.2) is 11.5 Å². The van der Waals surface area contributed by atoms with E-state index in [1.807, 2.05) is 24.5 Å². The first-order valence-electron chi connectivity index (χ1n) is 7.12. The second kappa shape index (κ2) is 6.25. The number of hydrogen-bond acceptors (Lipinski definition) is 2. The lowest BCUT2D eigenvalue weighted by molar-refractivity contribution is 0.727. The zero-order valence-electron chi connectivity index (χ0n) is 11.9.